The molecule has 2 atom stereocenters. The molecule has 0 aromatic heterocycles. The van der Waals surface area contributed by atoms with Crippen LogP contribution in [0.15, 0.2) is 0 Å². The van der Waals surface area contributed by atoms with Gasteiger partial charge in [-0.3, -0.25) is 9.59 Å². The zero-order valence-corrected chi connectivity index (χ0v) is 16.0. The van der Waals surface area contributed by atoms with E-state index in [2.05, 4.69) is 13.8 Å². The van der Waals surface area contributed by atoms with Crippen molar-refractivity contribution in [1.29, 1.82) is 0 Å². The second-order valence-corrected chi connectivity index (χ2v) is 8.73. The normalized spacial score (nSPS) is 25.9. The van der Waals surface area contributed by atoms with E-state index in [4.69, 9.17) is 4.74 Å². The summed E-state index contributed by atoms with van der Waals surface area (Å²) in [7, 11) is 0. The van der Waals surface area contributed by atoms with Crippen LogP contribution in [-0.4, -0.2) is 60.5 Å². The second kappa shape index (κ2) is 7.85. The Bertz CT molecular complexity index is 456. The van der Waals surface area contributed by atoms with Crippen LogP contribution < -0.4 is 0 Å². The molecule has 2 heterocycles. The van der Waals surface area contributed by atoms with Crippen LogP contribution in [0.1, 0.15) is 53.9 Å². The van der Waals surface area contributed by atoms with Crippen LogP contribution in [-0.2, 0) is 14.3 Å². The number of amides is 2. The summed E-state index contributed by atoms with van der Waals surface area (Å²) in [5.74, 6) is 0.853. The van der Waals surface area contributed by atoms with Crippen molar-refractivity contribution in [3.05, 3.63) is 0 Å². The number of rotatable bonds is 3. The van der Waals surface area contributed by atoms with E-state index in [9.17, 15) is 9.59 Å². The summed E-state index contributed by atoms with van der Waals surface area (Å²) in [4.78, 5) is 29.6. The number of likely N-dealkylation sites (tertiary alicyclic amines) is 1. The standard InChI is InChI=1S/C19H34N2O3/c1-14(2)11-16-13-24-10-9-21(16)17(22)15-7-6-8-20(12-15)18(23)19(3,4)5/h14-16H,6-13H2,1-5H3/t15-,16+/m1/s1. The van der Waals surface area contributed by atoms with E-state index in [-0.39, 0.29) is 29.2 Å². The Morgan fingerprint density at radius 1 is 1.21 bits per heavy atom. The van der Waals surface area contributed by atoms with E-state index in [1.54, 1.807) is 0 Å². The molecule has 2 aliphatic rings. The van der Waals surface area contributed by atoms with Gasteiger partial charge in [-0.15, -0.1) is 0 Å². The minimum Gasteiger partial charge on any atom is -0.377 e. The highest BCUT2D eigenvalue weighted by Gasteiger charge is 2.37. The lowest BCUT2D eigenvalue weighted by molar-refractivity contribution is -0.150. The molecule has 0 aromatic carbocycles. The van der Waals surface area contributed by atoms with Gasteiger partial charge in [0.25, 0.3) is 0 Å². The van der Waals surface area contributed by atoms with Gasteiger partial charge in [0.2, 0.25) is 11.8 Å². The maximum Gasteiger partial charge on any atom is 0.227 e. The molecule has 2 amide bonds. The number of carbonyl (C=O) groups excluding carboxylic acids is 2. The predicted molar refractivity (Wildman–Crippen MR) is 94.5 cm³/mol. The molecule has 5 nitrogen and oxygen atoms in total. The highest BCUT2D eigenvalue weighted by Crippen LogP contribution is 2.26. The van der Waals surface area contributed by atoms with Crippen molar-refractivity contribution in [2.24, 2.45) is 17.3 Å². The van der Waals surface area contributed by atoms with Crippen LogP contribution in [0.5, 0.6) is 0 Å². The van der Waals surface area contributed by atoms with Crippen LogP contribution in [0.3, 0.4) is 0 Å². The molecular weight excluding hydrogens is 304 g/mol. The summed E-state index contributed by atoms with van der Waals surface area (Å²) in [5.41, 5.74) is -0.385. The van der Waals surface area contributed by atoms with Crippen molar-refractivity contribution in [2.45, 2.75) is 59.9 Å². The number of morpholine rings is 1. The minimum atomic E-state index is -0.385. The molecule has 5 heteroatoms. The van der Waals surface area contributed by atoms with Crippen LogP contribution >= 0.6 is 0 Å². The number of hydrogen-bond donors (Lipinski definition) is 0. The molecule has 24 heavy (non-hydrogen) atoms. The summed E-state index contributed by atoms with van der Waals surface area (Å²) in [6.07, 6.45) is 2.78. The van der Waals surface area contributed by atoms with Crippen LogP contribution in [0, 0.1) is 17.3 Å². The summed E-state index contributed by atoms with van der Waals surface area (Å²) in [6, 6.07) is 0.181. The van der Waals surface area contributed by atoms with E-state index in [1.807, 2.05) is 30.6 Å². The van der Waals surface area contributed by atoms with Gasteiger partial charge in [-0.05, 0) is 25.2 Å². The fourth-order valence-electron chi connectivity index (χ4n) is 3.76. The summed E-state index contributed by atoms with van der Waals surface area (Å²) in [5, 5.41) is 0. The third-order valence-electron chi connectivity index (χ3n) is 4.95. The number of piperidine rings is 1. The van der Waals surface area contributed by atoms with Crippen LogP contribution in [0.2, 0.25) is 0 Å². The number of hydrogen-bond acceptors (Lipinski definition) is 3. The lowest BCUT2D eigenvalue weighted by Gasteiger charge is -2.41. The van der Waals surface area contributed by atoms with Gasteiger partial charge < -0.3 is 14.5 Å². The average Bonchev–Trinajstić information content (AvgIpc) is 2.52. The first-order valence-corrected chi connectivity index (χ1v) is 9.37. The first kappa shape index (κ1) is 19.2. The smallest absolute Gasteiger partial charge is 0.227 e. The van der Waals surface area contributed by atoms with Crippen molar-refractivity contribution in [1.82, 2.24) is 9.80 Å². The SMILES string of the molecule is CC(C)C[C@H]1COCCN1C(=O)[C@@H]1CCCN(C(=O)C(C)(C)C)C1. The lowest BCUT2D eigenvalue weighted by Crippen LogP contribution is -2.54. The molecule has 0 radical (unpaired) electrons. The predicted octanol–water partition coefficient (Wildman–Crippen LogP) is 2.54. The van der Waals surface area contributed by atoms with E-state index >= 15 is 0 Å². The fraction of sp³-hybridized carbons (Fsp3) is 0.895. The second-order valence-electron chi connectivity index (χ2n) is 8.73. The molecule has 2 rings (SSSR count). The molecule has 0 unspecified atom stereocenters. The summed E-state index contributed by atoms with van der Waals surface area (Å²) < 4.78 is 5.60. The third-order valence-corrected chi connectivity index (χ3v) is 4.95. The Morgan fingerprint density at radius 2 is 1.92 bits per heavy atom. The summed E-state index contributed by atoms with van der Waals surface area (Å²) in [6.45, 7) is 13.5. The van der Waals surface area contributed by atoms with Crippen molar-refractivity contribution < 1.29 is 14.3 Å². The van der Waals surface area contributed by atoms with E-state index in [0.717, 1.165) is 25.8 Å². The van der Waals surface area contributed by atoms with E-state index in [1.165, 1.54) is 0 Å². The van der Waals surface area contributed by atoms with Gasteiger partial charge in [-0.1, -0.05) is 34.6 Å². The zero-order valence-electron chi connectivity index (χ0n) is 16.0. The largest absolute Gasteiger partial charge is 0.377 e. The van der Waals surface area contributed by atoms with Gasteiger partial charge in [0.05, 0.1) is 25.2 Å². The van der Waals surface area contributed by atoms with Gasteiger partial charge in [-0.25, -0.2) is 0 Å². The van der Waals surface area contributed by atoms with Crippen molar-refractivity contribution >= 4 is 11.8 Å². The maximum absolute atomic E-state index is 13.1. The van der Waals surface area contributed by atoms with Crippen molar-refractivity contribution in [2.75, 3.05) is 32.8 Å². The quantitative estimate of drug-likeness (QED) is 0.794. The van der Waals surface area contributed by atoms with Crippen LogP contribution in [0.4, 0.5) is 0 Å². The minimum absolute atomic E-state index is 0.0576. The van der Waals surface area contributed by atoms with Gasteiger partial charge in [-0.2, -0.15) is 0 Å². The average molecular weight is 338 g/mol. The van der Waals surface area contributed by atoms with Gasteiger partial charge >= 0.3 is 0 Å². The van der Waals surface area contributed by atoms with Gasteiger partial charge in [0.1, 0.15) is 0 Å². The first-order valence-electron chi connectivity index (χ1n) is 9.37. The van der Waals surface area contributed by atoms with Gasteiger partial charge in [0, 0.05) is 25.0 Å². The number of ether oxygens (including phenoxy) is 1. The highest BCUT2D eigenvalue weighted by molar-refractivity contribution is 5.84. The van der Waals surface area contributed by atoms with Crippen LogP contribution in [0.25, 0.3) is 0 Å². The van der Waals surface area contributed by atoms with E-state index in [0.29, 0.717) is 32.2 Å². The zero-order chi connectivity index (χ0) is 17.9. The van der Waals surface area contributed by atoms with Gasteiger partial charge in [0.15, 0.2) is 0 Å². The molecule has 2 saturated heterocycles. The topological polar surface area (TPSA) is 49.9 Å². The van der Waals surface area contributed by atoms with Crippen molar-refractivity contribution in [3.8, 4) is 0 Å². The highest BCUT2D eigenvalue weighted by atomic mass is 16.5. The molecule has 0 aromatic rings. The molecular formula is C19H34N2O3. The maximum atomic E-state index is 13.1. The lowest BCUT2D eigenvalue weighted by atomic mass is 9.90. The Balaban J connectivity index is 2.03. The molecule has 2 aliphatic heterocycles. The molecule has 0 saturated carbocycles. The molecule has 138 valence electrons. The van der Waals surface area contributed by atoms with Crippen molar-refractivity contribution in [3.63, 3.8) is 0 Å². The number of carbonyl (C=O) groups is 2. The van der Waals surface area contributed by atoms with E-state index < -0.39 is 0 Å². The fourth-order valence-corrected chi connectivity index (χ4v) is 3.76. The molecule has 0 spiro atoms. The molecule has 0 N–H and O–H groups in total. The Hall–Kier alpha value is -1.10. The molecule has 2 fully saturated rings. The Morgan fingerprint density at radius 3 is 2.54 bits per heavy atom. The molecule has 0 bridgehead atoms. The summed E-state index contributed by atoms with van der Waals surface area (Å²) >= 11 is 0. The first-order chi connectivity index (χ1) is 11.2. The molecule has 0 aliphatic carbocycles. The monoisotopic (exact) mass is 338 g/mol. The third kappa shape index (κ3) is 4.71. The number of nitrogens with zero attached hydrogens (tertiary/aromatic N) is 2. The Labute approximate surface area is 146 Å². The Kier molecular flexibility index (Phi) is 6.29.